The first-order valence-electron chi connectivity index (χ1n) is 7.17. The summed E-state index contributed by atoms with van der Waals surface area (Å²) in [6.45, 7) is 0.668. The lowest BCUT2D eigenvalue weighted by molar-refractivity contribution is 0.398. The van der Waals surface area contributed by atoms with Crippen LogP contribution in [-0.4, -0.2) is 17.1 Å². The Balaban J connectivity index is 2.14. The van der Waals surface area contributed by atoms with Crippen LogP contribution in [0.4, 0.5) is 0 Å². The number of methoxy groups -OCH3 is 1. The lowest BCUT2D eigenvalue weighted by atomic mass is 9.97. The second-order valence-corrected chi connectivity index (χ2v) is 5.56. The molecule has 0 saturated carbocycles. The van der Waals surface area contributed by atoms with Gasteiger partial charge in [0.25, 0.3) is 0 Å². The van der Waals surface area contributed by atoms with Gasteiger partial charge in [-0.25, -0.2) is 9.71 Å². The van der Waals surface area contributed by atoms with Gasteiger partial charge in [-0.05, 0) is 11.1 Å². The molecule has 24 heavy (non-hydrogen) atoms. The van der Waals surface area contributed by atoms with E-state index in [4.69, 9.17) is 9.88 Å². The van der Waals surface area contributed by atoms with Gasteiger partial charge in [0.2, 0.25) is 5.88 Å². The number of nitrogens with two attached hydrogens (primary N) is 1. The molecule has 120 valence electrons. The van der Waals surface area contributed by atoms with Crippen molar-refractivity contribution in [1.82, 2.24) is 14.7 Å². The van der Waals surface area contributed by atoms with Crippen molar-refractivity contribution in [3.63, 3.8) is 0 Å². The molecule has 0 spiro atoms. The zero-order valence-electron chi connectivity index (χ0n) is 13.0. The van der Waals surface area contributed by atoms with E-state index in [0.717, 1.165) is 39.7 Å². The molecule has 0 saturated heterocycles. The quantitative estimate of drug-likeness (QED) is 0.691. The Morgan fingerprint density at radius 2 is 2.04 bits per heavy atom. The Hall–Kier alpha value is -2.66. The summed E-state index contributed by atoms with van der Waals surface area (Å²) in [6, 6.07) is 12.0. The summed E-state index contributed by atoms with van der Waals surface area (Å²) in [5, 5.41) is 15.7. The van der Waals surface area contributed by atoms with Gasteiger partial charge < -0.3 is 4.74 Å². The van der Waals surface area contributed by atoms with E-state index in [1.165, 1.54) is 0 Å². The van der Waals surface area contributed by atoms with Crippen LogP contribution in [0, 0.1) is 11.3 Å². The zero-order valence-corrected chi connectivity index (χ0v) is 13.8. The lowest BCUT2D eigenvalue weighted by Gasteiger charge is -2.10. The van der Waals surface area contributed by atoms with E-state index in [1.54, 1.807) is 25.6 Å². The predicted octanol–water partition coefficient (Wildman–Crippen LogP) is 2.79. The molecule has 0 radical (unpaired) electrons. The van der Waals surface area contributed by atoms with E-state index in [9.17, 15) is 5.26 Å². The molecular formula is C17H15N5OS. The highest BCUT2D eigenvalue weighted by molar-refractivity contribution is 7.95. The highest BCUT2D eigenvalue weighted by Gasteiger charge is 2.12. The fourth-order valence-corrected chi connectivity index (χ4v) is 2.75. The summed E-state index contributed by atoms with van der Waals surface area (Å²) in [7, 11) is 1.56. The van der Waals surface area contributed by atoms with E-state index >= 15 is 0 Å². The van der Waals surface area contributed by atoms with E-state index in [-0.39, 0.29) is 0 Å². The molecule has 0 bridgehead atoms. The summed E-state index contributed by atoms with van der Waals surface area (Å²) >= 11 is 1.09. The van der Waals surface area contributed by atoms with Crippen molar-refractivity contribution in [1.29, 1.82) is 5.26 Å². The largest absolute Gasteiger partial charge is 0.481 e. The number of benzene rings is 1. The summed E-state index contributed by atoms with van der Waals surface area (Å²) in [5.74, 6) is 0.487. The van der Waals surface area contributed by atoms with Crippen LogP contribution in [-0.2, 0) is 6.54 Å². The molecule has 0 unspecified atom stereocenters. The van der Waals surface area contributed by atoms with Gasteiger partial charge in [0, 0.05) is 41.9 Å². The number of aromatic nitrogens is 2. The Bertz CT molecular complexity index is 905. The number of hydrogen-bond acceptors (Lipinski definition) is 7. The average Bonchev–Trinajstić information content (AvgIpc) is 2.65. The first-order chi connectivity index (χ1) is 11.8. The maximum absolute atomic E-state index is 9.47. The van der Waals surface area contributed by atoms with Gasteiger partial charge in [-0.1, -0.05) is 24.3 Å². The number of fused-ring (bicyclic) bond motifs is 1. The minimum atomic E-state index is 0.487. The van der Waals surface area contributed by atoms with Crippen LogP contribution >= 0.6 is 12.1 Å². The fraction of sp³-hybridized carbons (Fsp3) is 0.118. The number of nitrogens with one attached hydrogen (secondary N) is 1. The third-order valence-corrected chi connectivity index (χ3v) is 3.97. The van der Waals surface area contributed by atoms with Gasteiger partial charge in [-0.15, -0.1) is 0 Å². The molecule has 0 aliphatic heterocycles. The molecular weight excluding hydrogens is 322 g/mol. The summed E-state index contributed by atoms with van der Waals surface area (Å²) in [5.41, 5.74) is 4.11. The Morgan fingerprint density at radius 1 is 1.25 bits per heavy atom. The molecule has 0 atom stereocenters. The van der Waals surface area contributed by atoms with Gasteiger partial charge in [-0.2, -0.15) is 5.26 Å². The number of pyridine rings is 2. The Morgan fingerprint density at radius 3 is 2.71 bits per heavy atom. The first-order valence-corrected chi connectivity index (χ1v) is 8.05. The molecule has 1 aromatic carbocycles. The van der Waals surface area contributed by atoms with Gasteiger partial charge >= 0.3 is 0 Å². The maximum Gasteiger partial charge on any atom is 0.213 e. The van der Waals surface area contributed by atoms with Crippen LogP contribution in [0.5, 0.6) is 5.88 Å². The van der Waals surface area contributed by atoms with Crippen LogP contribution < -0.4 is 14.6 Å². The molecule has 0 fully saturated rings. The van der Waals surface area contributed by atoms with Crippen LogP contribution in [0.2, 0.25) is 0 Å². The maximum atomic E-state index is 9.47. The van der Waals surface area contributed by atoms with E-state index in [2.05, 4.69) is 20.8 Å². The van der Waals surface area contributed by atoms with Crippen LogP contribution in [0.3, 0.4) is 0 Å². The number of nitriles is 1. The van der Waals surface area contributed by atoms with Crippen molar-refractivity contribution in [2.75, 3.05) is 7.11 Å². The Kier molecular flexibility index (Phi) is 4.91. The number of ether oxygens (including phenoxy) is 1. The topological polar surface area (TPSA) is 96.8 Å². The summed E-state index contributed by atoms with van der Waals surface area (Å²) < 4.78 is 8.20. The molecule has 3 N–H and O–H groups in total. The number of rotatable bonds is 5. The van der Waals surface area contributed by atoms with Gasteiger partial charge in [0.1, 0.15) is 6.07 Å². The Labute approximate surface area is 143 Å². The van der Waals surface area contributed by atoms with Crippen molar-refractivity contribution in [3.8, 4) is 23.1 Å². The molecule has 3 rings (SSSR count). The molecule has 7 heteroatoms. The van der Waals surface area contributed by atoms with E-state index in [0.29, 0.717) is 18.0 Å². The minimum absolute atomic E-state index is 0.487. The second kappa shape index (κ2) is 7.27. The van der Waals surface area contributed by atoms with Crippen molar-refractivity contribution in [3.05, 3.63) is 53.9 Å². The first kappa shape index (κ1) is 16.2. The lowest BCUT2D eigenvalue weighted by Crippen LogP contribution is -2.05. The average molecular weight is 337 g/mol. The molecule has 0 aliphatic rings. The fourth-order valence-electron chi connectivity index (χ4n) is 2.50. The standard InChI is InChI=1S/C17H15N5OS/c1-23-16-6-14-15(10-21-16)20-9-13(7-18)17(14)12-4-2-11(3-5-12)8-22-24-19/h2-6,9-10,22H,8,19H2,1H3. The molecule has 6 nitrogen and oxygen atoms in total. The number of hydrogen-bond donors (Lipinski definition) is 2. The SMILES string of the molecule is COc1cc2c(-c3ccc(CNSN)cc3)c(C#N)cnc2cn1. The van der Waals surface area contributed by atoms with Gasteiger partial charge in [-0.3, -0.25) is 10.1 Å². The highest BCUT2D eigenvalue weighted by Crippen LogP contribution is 2.32. The summed E-state index contributed by atoms with van der Waals surface area (Å²) in [4.78, 5) is 8.48. The predicted molar refractivity (Wildman–Crippen MR) is 94.9 cm³/mol. The molecule has 2 heterocycles. The summed E-state index contributed by atoms with van der Waals surface area (Å²) in [6.07, 6.45) is 3.22. The van der Waals surface area contributed by atoms with Crippen molar-refractivity contribution >= 4 is 23.0 Å². The van der Waals surface area contributed by atoms with Crippen LogP contribution in [0.1, 0.15) is 11.1 Å². The third-order valence-electron chi connectivity index (χ3n) is 3.66. The molecule has 2 aromatic heterocycles. The smallest absolute Gasteiger partial charge is 0.213 e. The van der Waals surface area contributed by atoms with Crippen molar-refractivity contribution in [2.24, 2.45) is 5.14 Å². The van der Waals surface area contributed by atoms with Crippen molar-refractivity contribution < 1.29 is 4.74 Å². The van der Waals surface area contributed by atoms with Gasteiger partial charge in [0.15, 0.2) is 0 Å². The van der Waals surface area contributed by atoms with Gasteiger partial charge in [0.05, 0.1) is 24.4 Å². The number of nitrogens with zero attached hydrogens (tertiary/aromatic N) is 3. The van der Waals surface area contributed by atoms with E-state index in [1.807, 2.05) is 24.3 Å². The molecule has 0 amide bonds. The monoisotopic (exact) mass is 337 g/mol. The zero-order chi connectivity index (χ0) is 16.9. The van der Waals surface area contributed by atoms with Crippen LogP contribution in [0.15, 0.2) is 42.7 Å². The van der Waals surface area contributed by atoms with Crippen molar-refractivity contribution in [2.45, 2.75) is 6.54 Å². The highest BCUT2D eigenvalue weighted by atomic mass is 32.2. The molecule has 3 aromatic rings. The normalized spacial score (nSPS) is 10.5. The van der Waals surface area contributed by atoms with E-state index < -0.39 is 0 Å². The molecule has 0 aliphatic carbocycles. The van der Waals surface area contributed by atoms with Crippen LogP contribution in [0.25, 0.3) is 22.0 Å². The third kappa shape index (κ3) is 3.16. The second-order valence-electron chi connectivity index (χ2n) is 5.04. The minimum Gasteiger partial charge on any atom is -0.481 e.